The Balaban J connectivity index is 0.000000286. The van der Waals surface area contributed by atoms with Crippen molar-refractivity contribution >= 4 is 29.2 Å². The summed E-state index contributed by atoms with van der Waals surface area (Å²) in [6, 6.07) is 0. The van der Waals surface area contributed by atoms with Crippen molar-refractivity contribution in [2.45, 2.75) is 32.4 Å². The third-order valence-electron chi connectivity index (χ3n) is 5.27. The molecule has 2 aliphatic heterocycles. The van der Waals surface area contributed by atoms with Crippen LogP contribution in [0.2, 0.25) is 0 Å². The van der Waals surface area contributed by atoms with E-state index >= 15 is 0 Å². The van der Waals surface area contributed by atoms with E-state index in [1.807, 2.05) is 35.9 Å². The summed E-state index contributed by atoms with van der Waals surface area (Å²) in [5.41, 5.74) is 2.24. The number of hydrogen-bond donors (Lipinski definition) is 2. The minimum Gasteiger partial charge on any atom is -0.475 e. The number of alkyl halides is 6. The van der Waals surface area contributed by atoms with Crippen LogP contribution in [-0.4, -0.2) is 84.6 Å². The molecule has 17 heteroatoms. The van der Waals surface area contributed by atoms with E-state index in [1.54, 1.807) is 11.3 Å². The SMILES string of the molecule is Cc1nc(CN2C[C@@H]3CN(Cc4cnn(C)c4)C[C@@H]3C2=O)cs1.O=C(O)C(F)(F)F.O=C(O)C(F)(F)F. The minimum absolute atomic E-state index is 0.159. The Morgan fingerprint density at radius 3 is 2.03 bits per heavy atom. The molecule has 2 aromatic rings. The zero-order valence-corrected chi connectivity index (χ0v) is 20.3. The third kappa shape index (κ3) is 8.99. The number of carboxylic acids is 2. The molecule has 0 radical (unpaired) electrons. The van der Waals surface area contributed by atoms with Gasteiger partial charge in [-0.25, -0.2) is 14.6 Å². The van der Waals surface area contributed by atoms with Gasteiger partial charge in [-0.1, -0.05) is 0 Å². The maximum absolute atomic E-state index is 12.7. The summed E-state index contributed by atoms with van der Waals surface area (Å²) in [5, 5.41) is 21.6. The Labute approximate surface area is 210 Å². The number of nitrogens with zero attached hydrogens (tertiary/aromatic N) is 5. The molecule has 2 fully saturated rings. The fourth-order valence-electron chi connectivity index (χ4n) is 3.79. The Kier molecular flexibility index (Phi) is 9.65. The molecule has 2 aliphatic rings. The van der Waals surface area contributed by atoms with Crippen LogP contribution in [0.4, 0.5) is 26.3 Å². The summed E-state index contributed by atoms with van der Waals surface area (Å²) in [5.74, 6) is -4.60. The van der Waals surface area contributed by atoms with Gasteiger partial charge >= 0.3 is 24.3 Å². The monoisotopic (exact) mass is 559 g/mol. The highest BCUT2D eigenvalue weighted by molar-refractivity contribution is 7.09. The molecule has 2 saturated heterocycles. The topological polar surface area (TPSA) is 129 Å². The zero-order valence-electron chi connectivity index (χ0n) is 19.5. The molecule has 37 heavy (non-hydrogen) atoms. The van der Waals surface area contributed by atoms with E-state index in [0.717, 1.165) is 36.9 Å². The molecule has 0 aromatic carbocycles. The average molecular weight is 559 g/mol. The molecule has 0 unspecified atom stereocenters. The highest BCUT2D eigenvalue weighted by Gasteiger charge is 2.46. The molecule has 1 amide bonds. The van der Waals surface area contributed by atoms with Gasteiger partial charge < -0.3 is 15.1 Å². The number of carbonyl (C=O) groups is 3. The lowest BCUT2D eigenvalue weighted by molar-refractivity contribution is -0.193. The van der Waals surface area contributed by atoms with Crippen LogP contribution in [0.25, 0.3) is 0 Å². The Bertz CT molecular complexity index is 1080. The van der Waals surface area contributed by atoms with Crippen molar-refractivity contribution in [2.24, 2.45) is 18.9 Å². The molecule has 206 valence electrons. The number of carboxylic acid groups (broad SMARTS) is 2. The van der Waals surface area contributed by atoms with Crippen molar-refractivity contribution < 1.29 is 50.9 Å². The van der Waals surface area contributed by atoms with Crippen LogP contribution in [0.3, 0.4) is 0 Å². The van der Waals surface area contributed by atoms with E-state index in [2.05, 4.69) is 20.4 Å². The summed E-state index contributed by atoms with van der Waals surface area (Å²) in [4.78, 5) is 39.3. The first kappa shape index (κ1) is 30.0. The van der Waals surface area contributed by atoms with Crippen LogP contribution >= 0.6 is 11.3 Å². The summed E-state index contributed by atoms with van der Waals surface area (Å²) < 4.78 is 65.3. The van der Waals surface area contributed by atoms with E-state index in [-0.39, 0.29) is 5.92 Å². The largest absolute Gasteiger partial charge is 0.490 e. The predicted molar refractivity (Wildman–Crippen MR) is 115 cm³/mol. The predicted octanol–water partition coefficient (Wildman–Crippen LogP) is 2.54. The van der Waals surface area contributed by atoms with Crippen LogP contribution in [-0.2, 0) is 34.5 Å². The molecule has 0 bridgehead atoms. The number of thiazole rings is 1. The molecule has 4 rings (SSSR count). The number of carbonyl (C=O) groups excluding carboxylic acids is 1. The van der Waals surface area contributed by atoms with E-state index in [9.17, 15) is 31.1 Å². The van der Waals surface area contributed by atoms with E-state index in [4.69, 9.17) is 19.8 Å². The fourth-order valence-corrected chi connectivity index (χ4v) is 4.40. The molecule has 2 atom stereocenters. The highest BCUT2D eigenvalue weighted by Crippen LogP contribution is 2.33. The maximum Gasteiger partial charge on any atom is 0.490 e. The van der Waals surface area contributed by atoms with Gasteiger partial charge in [0.25, 0.3) is 0 Å². The maximum atomic E-state index is 12.7. The molecule has 4 heterocycles. The second-order valence-corrected chi connectivity index (χ2v) is 9.33. The van der Waals surface area contributed by atoms with Gasteiger partial charge in [0.05, 0.1) is 29.4 Å². The molecule has 0 spiro atoms. The number of fused-ring (bicyclic) bond motifs is 1. The number of aliphatic carboxylic acids is 2. The first-order valence-electron chi connectivity index (χ1n) is 10.5. The van der Waals surface area contributed by atoms with Gasteiger partial charge in [0, 0.05) is 56.3 Å². The third-order valence-corrected chi connectivity index (χ3v) is 6.09. The lowest BCUT2D eigenvalue weighted by Crippen LogP contribution is -2.32. The quantitative estimate of drug-likeness (QED) is 0.547. The molecular weight excluding hydrogens is 536 g/mol. The van der Waals surface area contributed by atoms with Crippen molar-refractivity contribution in [1.29, 1.82) is 0 Å². The van der Waals surface area contributed by atoms with Crippen LogP contribution < -0.4 is 0 Å². The molecule has 2 N–H and O–H groups in total. The Morgan fingerprint density at radius 1 is 1.05 bits per heavy atom. The molecule has 0 aliphatic carbocycles. The number of aromatic nitrogens is 3. The number of halogens is 6. The lowest BCUT2D eigenvalue weighted by atomic mass is 10.0. The van der Waals surface area contributed by atoms with Crippen LogP contribution in [0.15, 0.2) is 17.8 Å². The highest BCUT2D eigenvalue weighted by atomic mass is 32.1. The number of rotatable bonds is 4. The lowest BCUT2D eigenvalue weighted by Gasteiger charge is -2.20. The molecular formula is C20H23F6N5O5S. The average Bonchev–Trinajstić information content (AvgIpc) is 3.51. The van der Waals surface area contributed by atoms with Crippen molar-refractivity contribution in [3.05, 3.63) is 34.0 Å². The van der Waals surface area contributed by atoms with Crippen LogP contribution in [0, 0.1) is 18.8 Å². The van der Waals surface area contributed by atoms with Gasteiger partial charge in [-0.15, -0.1) is 11.3 Å². The molecule has 10 nitrogen and oxygen atoms in total. The summed E-state index contributed by atoms with van der Waals surface area (Å²) in [7, 11) is 1.93. The van der Waals surface area contributed by atoms with E-state index in [0.29, 0.717) is 18.4 Å². The van der Waals surface area contributed by atoms with Crippen LogP contribution in [0.5, 0.6) is 0 Å². The minimum atomic E-state index is -5.08. The summed E-state index contributed by atoms with van der Waals surface area (Å²) in [6.45, 7) is 6.29. The molecule has 2 aromatic heterocycles. The van der Waals surface area contributed by atoms with E-state index < -0.39 is 24.3 Å². The normalized spacial score (nSPS) is 19.6. The zero-order chi connectivity index (χ0) is 28.1. The van der Waals surface area contributed by atoms with Gasteiger partial charge in [0.15, 0.2) is 0 Å². The van der Waals surface area contributed by atoms with E-state index in [1.165, 1.54) is 5.56 Å². The number of hydrogen-bond acceptors (Lipinski definition) is 7. The second kappa shape index (κ2) is 11.9. The summed E-state index contributed by atoms with van der Waals surface area (Å²) in [6.07, 6.45) is -6.21. The smallest absolute Gasteiger partial charge is 0.475 e. The second-order valence-electron chi connectivity index (χ2n) is 8.27. The number of aryl methyl sites for hydroxylation is 2. The number of likely N-dealkylation sites (tertiary alicyclic amines) is 2. The standard InChI is InChI=1S/C16H21N5OS.2C2HF3O2/c1-11-18-14(10-23-11)8-21-7-13-6-20(9-15(13)16(21)22)5-12-3-17-19(2)4-12;2*3-2(4,5)1(6)7/h3-4,10,13,15H,5-9H2,1-2H3;2*(H,6,7)/t13-,15-;;/m0../s1. The molecule has 0 saturated carbocycles. The van der Waals surface area contributed by atoms with Crippen molar-refractivity contribution in [2.75, 3.05) is 19.6 Å². The van der Waals surface area contributed by atoms with Gasteiger partial charge in [-0.3, -0.25) is 14.4 Å². The van der Waals surface area contributed by atoms with Crippen molar-refractivity contribution in [3.63, 3.8) is 0 Å². The van der Waals surface area contributed by atoms with Gasteiger partial charge in [0.1, 0.15) is 0 Å². The van der Waals surface area contributed by atoms with Crippen molar-refractivity contribution in [1.82, 2.24) is 24.6 Å². The van der Waals surface area contributed by atoms with Crippen LogP contribution in [0.1, 0.15) is 16.3 Å². The van der Waals surface area contributed by atoms with Gasteiger partial charge in [0.2, 0.25) is 5.91 Å². The van der Waals surface area contributed by atoms with Crippen molar-refractivity contribution in [3.8, 4) is 0 Å². The number of amides is 1. The van der Waals surface area contributed by atoms with Gasteiger partial charge in [-0.2, -0.15) is 31.4 Å². The Morgan fingerprint density at radius 2 is 1.62 bits per heavy atom. The fraction of sp³-hybridized carbons (Fsp3) is 0.550. The summed E-state index contributed by atoms with van der Waals surface area (Å²) >= 11 is 1.65. The first-order chi connectivity index (χ1) is 17.0. The Hall–Kier alpha value is -3.21. The van der Waals surface area contributed by atoms with Gasteiger partial charge in [-0.05, 0) is 6.92 Å². The first-order valence-corrected chi connectivity index (χ1v) is 11.3.